The summed E-state index contributed by atoms with van der Waals surface area (Å²) in [6, 6.07) is 19.0. The van der Waals surface area contributed by atoms with Crippen LogP contribution in [0.4, 0.5) is 56.9 Å². The van der Waals surface area contributed by atoms with Crippen molar-refractivity contribution in [2.24, 2.45) is 0 Å². The number of nitrogens with zero attached hydrogens (tertiary/aromatic N) is 7. The maximum Gasteiger partial charge on any atom is 0.426 e. The average Bonchev–Trinajstić information content (AvgIpc) is 1.72. The molecule has 0 saturated carbocycles. The summed E-state index contributed by atoms with van der Waals surface area (Å²) in [5.41, 5.74) is -11.4. The highest BCUT2D eigenvalue weighted by Gasteiger charge is 2.63. The summed E-state index contributed by atoms with van der Waals surface area (Å²) < 4.78 is 152. The number of carbonyl (C=O) groups excluding carboxylic acids is 4. The molecule has 2 aromatic carbocycles. The minimum Gasteiger partial charge on any atom is -0.474 e. The molecule has 31 heteroatoms. The zero-order valence-electron chi connectivity index (χ0n) is 57.0. The van der Waals surface area contributed by atoms with Gasteiger partial charge in [0.2, 0.25) is 17.1 Å². The number of aromatic nitrogens is 6. The number of imide groups is 2. The molecule has 2 N–H and O–H groups in total. The molecular formula is C66H84F6N8O17. The van der Waals surface area contributed by atoms with Gasteiger partial charge in [0.05, 0.1) is 56.6 Å². The van der Waals surface area contributed by atoms with Gasteiger partial charge in [0, 0.05) is 37.0 Å². The van der Waals surface area contributed by atoms with Gasteiger partial charge in [-0.05, 0) is 140 Å². The number of hydrogen-bond donors (Lipinski definition) is 2. The number of halogens is 6. The number of fused-ring (bicyclic) bond motifs is 5. The number of aliphatic hydroxyl groups excluding tert-OH is 1. The number of ether oxygens (including phenoxy) is 9. The van der Waals surface area contributed by atoms with E-state index < -0.39 is 150 Å². The smallest absolute Gasteiger partial charge is 0.426 e. The molecule has 1 aliphatic rings. The topological polar surface area (TPSA) is 302 Å². The third-order valence-corrected chi connectivity index (χ3v) is 13.5. The van der Waals surface area contributed by atoms with Crippen LogP contribution in [0.15, 0.2) is 86.4 Å². The molecule has 25 nitrogen and oxygen atoms in total. The second-order valence-electron chi connectivity index (χ2n) is 26.7. The number of aromatic amines is 1. The van der Waals surface area contributed by atoms with E-state index in [-0.39, 0.29) is 54.8 Å². The average molecular weight is 1380 g/mol. The summed E-state index contributed by atoms with van der Waals surface area (Å²) in [6.07, 6.45) is -17.2. The van der Waals surface area contributed by atoms with Crippen molar-refractivity contribution >= 4 is 35.7 Å². The van der Waals surface area contributed by atoms with Crippen LogP contribution < -0.4 is 20.1 Å². The second-order valence-corrected chi connectivity index (χ2v) is 26.7. The van der Waals surface area contributed by atoms with E-state index in [1.54, 1.807) is 158 Å². The van der Waals surface area contributed by atoms with Crippen LogP contribution in [-0.2, 0) is 62.3 Å². The van der Waals surface area contributed by atoms with Crippen LogP contribution in [-0.4, -0.2) is 133 Å². The van der Waals surface area contributed by atoms with Gasteiger partial charge in [0.1, 0.15) is 28.1 Å². The Kier molecular flexibility index (Phi) is 25.0. The number of aryl methyl sites for hydroxylation is 2. The number of pyridine rings is 2. The van der Waals surface area contributed by atoms with Gasteiger partial charge in [-0.25, -0.2) is 24.2 Å². The van der Waals surface area contributed by atoms with Crippen LogP contribution in [0.25, 0.3) is 23.2 Å². The standard InChI is InChI=1S/C33H43F3N4O9.C33H41F3N4O8/c1-20-18-23(40(28(43)48-30(3,4)5)29(44)49-31(6,7)8)24(37-25(20)42)26-38-39-27(47-26)32(33(34,35)36,15-17-45-16-14-21(2)41)46-19-22-12-10-9-11-13-22;1-20-18-23(40(28(41)47-30(3,4)5)29(42)48-31(6,7)8)24-26-38-39-27(46-26)32(33(34,35)36,44-19-22-12-10-9-11-13-22)15-17-43-16-14-21(2)45-25(20)37-24/h9-13,18,21,41H,14-17,19H2,1-8H3,(H,37,42);9-13,18,21H,14-17,19H2,1-8H3/t2*21-,32?/m01/s1. The summed E-state index contributed by atoms with van der Waals surface area (Å²) in [4.78, 5) is 74.9. The number of aliphatic hydroxyl groups is 1. The molecule has 97 heavy (non-hydrogen) atoms. The van der Waals surface area contributed by atoms with E-state index in [0.29, 0.717) is 32.9 Å². The zero-order chi connectivity index (χ0) is 72.3. The maximum absolute atomic E-state index is 15.1. The lowest BCUT2D eigenvalue weighted by Crippen LogP contribution is -2.46. The number of rotatable bonds is 16. The Morgan fingerprint density at radius 1 is 0.670 bits per heavy atom. The summed E-state index contributed by atoms with van der Waals surface area (Å²) >= 11 is 0. The van der Waals surface area contributed by atoms with Crippen molar-refractivity contribution in [3.05, 3.63) is 117 Å². The monoisotopic (exact) mass is 1370 g/mol. The fraction of sp³-hybridized carbons (Fsp3) is 0.545. The molecule has 532 valence electrons. The fourth-order valence-corrected chi connectivity index (χ4v) is 8.85. The molecule has 4 bridgehead atoms. The Bertz CT molecular complexity index is 3630. The van der Waals surface area contributed by atoms with Gasteiger partial charge < -0.3 is 61.6 Å². The molecule has 0 spiro atoms. The van der Waals surface area contributed by atoms with E-state index in [1.807, 2.05) is 0 Å². The molecule has 7 rings (SSSR count). The molecule has 0 radical (unpaired) electrons. The van der Waals surface area contributed by atoms with Crippen LogP contribution in [0.1, 0.15) is 157 Å². The van der Waals surface area contributed by atoms with Gasteiger partial charge >= 0.3 is 36.7 Å². The second kappa shape index (κ2) is 31.3. The number of carbonyl (C=O) groups is 4. The molecule has 4 atom stereocenters. The van der Waals surface area contributed by atoms with Crippen LogP contribution in [0.3, 0.4) is 0 Å². The van der Waals surface area contributed by atoms with Crippen molar-refractivity contribution in [3.8, 4) is 29.0 Å². The number of nitrogens with one attached hydrogen (secondary N) is 1. The Labute approximate surface area is 556 Å². The molecule has 2 unspecified atom stereocenters. The van der Waals surface area contributed by atoms with Crippen molar-refractivity contribution < 1.29 is 102 Å². The lowest BCUT2D eigenvalue weighted by atomic mass is 9.98. The van der Waals surface area contributed by atoms with E-state index >= 15 is 26.3 Å². The number of amides is 4. The third-order valence-electron chi connectivity index (χ3n) is 13.5. The Morgan fingerprint density at radius 3 is 1.68 bits per heavy atom. The highest BCUT2D eigenvalue weighted by molar-refractivity contribution is 6.12. The molecular weight excluding hydrogens is 1290 g/mol. The summed E-state index contributed by atoms with van der Waals surface area (Å²) in [7, 11) is 0. The Balaban J connectivity index is 0.000000306. The summed E-state index contributed by atoms with van der Waals surface area (Å²) in [5.74, 6) is -3.13. The quantitative estimate of drug-likeness (QED) is 0.0517. The highest BCUT2D eigenvalue weighted by atomic mass is 19.4. The van der Waals surface area contributed by atoms with E-state index in [4.69, 9.17) is 51.5 Å². The van der Waals surface area contributed by atoms with Crippen LogP contribution in [0, 0.1) is 13.8 Å². The SMILES string of the molecule is Cc1cc(N(C(=O)OC(C)(C)C)C(=O)OC(C)(C)C)c(-c2nnc(C(CCOCC[C@H](C)O)(OCc3ccccc3)C(F)(F)F)o2)[nH]c1=O.Cc1cc(N(C(=O)OC(C)(C)C)C(=O)OC(C)(C)C)c2nc1O[C@H](C)CCOCCC(OCc1ccccc1)(C(F)(F)F)c1nnc-2o1. The van der Waals surface area contributed by atoms with Crippen LogP contribution in [0.2, 0.25) is 0 Å². The lowest BCUT2D eigenvalue weighted by Gasteiger charge is -2.32. The zero-order valence-corrected chi connectivity index (χ0v) is 57.0. The van der Waals surface area contributed by atoms with E-state index in [9.17, 15) is 29.1 Å². The first-order chi connectivity index (χ1) is 44.9. The third kappa shape index (κ3) is 21.2. The number of benzene rings is 2. The van der Waals surface area contributed by atoms with Crippen molar-refractivity contribution in [2.45, 2.75) is 208 Å². The minimum absolute atomic E-state index is 0.0285. The first-order valence-electron chi connectivity index (χ1n) is 30.9. The molecule has 4 amide bonds. The maximum atomic E-state index is 15.1. The molecule has 1 aliphatic heterocycles. The van der Waals surface area contributed by atoms with Crippen molar-refractivity contribution in [3.63, 3.8) is 0 Å². The number of anilines is 2. The van der Waals surface area contributed by atoms with Crippen molar-refractivity contribution in [1.82, 2.24) is 30.4 Å². The van der Waals surface area contributed by atoms with Gasteiger partial charge in [-0.3, -0.25) is 4.79 Å². The van der Waals surface area contributed by atoms with Crippen molar-refractivity contribution in [1.29, 1.82) is 0 Å². The van der Waals surface area contributed by atoms with Gasteiger partial charge in [-0.15, -0.1) is 20.4 Å². The van der Waals surface area contributed by atoms with Gasteiger partial charge in [0.25, 0.3) is 29.1 Å². The first kappa shape index (κ1) is 77.5. The summed E-state index contributed by atoms with van der Waals surface area (Å²) in [5, 5.41) is 24.7. The summed E-state index contributed by atoms with van der Waals surface area (Å²) in [6.45, 7) is 23.5. The fourth-order valence-electron chi connectivity index (χ4n) is 8.85. The van der Waals surface area contributed by atoms with Crippen LogP contribution in [0.5, 0.6) is 5.88 Å². The highest BCUT2D eigenvalue weighted by Crippen LogP contribution is 2.48. The number of alkyl halides is 6. The normalized spacial score (nSPS) is 16.6. The van der Waals surface area contributed by atoms with E-state index in [1.165, 1.54) is 19.9 Å². The predicted molar refractivity (Wildman–Crippen MR) is 337 cm³/mol. The molecule has 5 heterocycles. The lowest BCUT2D eigenvalue weighted by molar-refractivity contribution is -0.302. The van der Waals surface area contributed by atoms with Gasteiger partial charge in [-0.1, -0.05) is 60.7 Å². The molecule has 4 aromatic heterocycles. The largest absolute Gasteiger partial charge is 0.474 e. The first-order valence-corrected chi connectivity index (χ1v) is 30.9. The van der Waals surface area contributed by atoms with Crippen LogP contribution >= 0.6 is 0 Å². The van der Waals surface area contributed by atoms with Gasteiger partial charge in [0.15, 0.2) is 5.69 Å². The van der Waals surface area contributed by atoms with Gasteiger partial charge in [-0.2, -0.15) is 36.1 Å². The van der Waals surface area contributed by atoms with Crippen molar-refractivity contribution in [2.75, 3.05) is 36.2 Å². The Morgan fingerprint density at radius 2 is 1.18 bits per heavy atom. The molecule has 0 fully saturated rings. The number of hydrogen-bond acceptors (Lipinski definition) is 22. The van der Waals surface area contributed by atoms with E-state index in [2.05, 4.69) is 30.4 Å². The predicted octanol–water partition coefficient (Wildman–Crippen LogP) is 14.2. The Hall–Kier alpha value is -8.52. The molecule has 0 saturated heterocycles. The van der Waals surface area contributed by atoms with E-state index in [0.717, 1.165) is 6.07 Å². The minimum atomic E-state index is -5.14. The molecule has 0 aliphatic carbocycles. The molecule has 6 aromatic rings. The number of H-pyrrole nitrogens is 1.